The van der Waals surface area contributed by atoms with Crippen LogP contribution in [0, 0.1) is 5.41 Å². The summed E-state index contributed by atoms with van der Waals surface area (Å²) in [5.41, 5.74) is 0.327. The summed E-state index contributed by atoms with van der Waals surface area (Å²) in [5.74, 6) is 0.132. The molecule has 1 heteroatoms. The molecule has 0 saturated heterocycles. The predicted octanol–water partition coefficient (Wildman–Crippen LogP) is 1.46. The Balaban J connectivity index is 2.28. The lowest BCUT2D eigenvalue weighted by Crippen LogP contribution is -1.99. The van der Waals surface area contributed by atoms with Crippen LogP contribution in [0.1, 0.15) is 12.8 Å². The lowest BCUT2D eigenvalue weighted by atomic mass is 10.0. The van der Waals surface area contributed by atoms with E-state index in [1.807, 2.05) is 12.2 Å². The third-order valence-corrected chi connectivity index (χ3v) is 1.99. The maximum absolute atomic E-state index is 10.6. The molecule has 0 aromatic rings. The van der Waals surface area contributed by atoms with Crippen LogP contribution in [-0.2, 0) is 4.79 Å². The topological polar surface area (TPSA) is 17.1 Å². The van der Waals surface area contributed by atoms with Crippen molar-refractivity contribution in [2.45, 2.75) is 12.8 Å². The largest absolute Gasteiger partial charge is 0.290 e. The fourth-order valence-corrected chi connectivity index (χ4v) is 1.08. The second-order valence-electron chi connectivity index (χ2n) is 2.80. The van der Waals surface area contributed by atoms with E-state index in [1.165, 1.54) is 12.8 Å². The van der Waals surface area contributed by atoms with Gasteiger partial charge in [-0.3, -0.25) is 4.79 Å². The van der Waals surface area contributed by atoms with Gasteiger partial charge in [0, 0.05) is 5.41 Å². The number of carbonyl (C=O) groups excluding carboxylic acids is 1. The highest BCUT2D eigenvalue weighted by atomic mass is 16.1. The zero-order valence-electron chi connectivity index (χ0n) is 5.13. The van der Waals surface area contributed by atoms with Gasteiger partial charge in [0.1, 0.15) is 0 Å². The van der Waals surface area contributed by atoms with Gasteiger partial charge in [-0.1, -0.05) is 12.2 Å². The first-order valence-corrected chi connectivity index (χ1v) is 3.23. The minimum Gasteiger partial charge on any atom is -0.290 e. The van der Waals surface area contributed by atoms with Crippen LogP contribution in [0.15, 0.2) is 24.3 Å². The monoisotopic (exact) mass is 120 g/mol. The van der Waals surface area contributed by atoms with Crippen LogP contribution in [0.3, 0.4) is 0 Å². The number of hydrogen-bond acceptors (Lipinski definition) is 1. The van der Waals surface area contributed by atoms with E-state index in [1.54, 1.807) is 12.2 Å². The molecule has 0 aliphatic heterocycles. The Morgan fingerprint density at radius 3 is 2.22 bits per heavy atom. The molecule has 2 aliphatic carbocycles. The van der Waals surface area contributed by atoms with E-state index in [0.717, 1.165) is 0 Å². The molecular weight excluding hydrogens is 112 g/mol. The molecule has 2 aliphatic rings. The van der Waals surface area contributed by atoms with Crippen molar-refractivity contribution in [2.75, 3.05) is 0 Å². The molecule has 1 nitrogen and oxygen atoms in total. The van der Waals surface area contributed by atoms with Crippen molar-refractivity contribution in [1.82, 2.24) is 0 Å². The lowest BCUT2D eigenvalue weighted by molar-refractivity contribution is -0.110. The van der Waals surface area contributed by atoms with Gasteiger partial charge >= 0.3 is 0 Å². The van der Waals surface area contributed by atoms with Crippen molar-refractivity contribution in [1.29, 1.82) is 0 Å². The van der Waals surface area contributed by atoms with Gasteiger partial charge in [-0.05, 0) is 25.0 Å². The Kier molecular flexibility index (Phi) is 0.747. The van der Waals surface area contributed by atoms with E-state index in [-0.39, 0.29) is 5.78 Å². The van der Waals surface area contributed by atoms with Crippen LogP contribution in [0.25, 0.3) is 0 Å². The minimum atomic E-state index is 0.132. The van der Waals surface area contributed by atoms with Crippen LogP contribution in [-0.4, -0.2) is 5.78 Å². The van der Waals surface area contributed by atoms with Crippen molar-refractivity contribution >= 4 is 5.78 Å². The first-order valence-electron chi connectivity index (χ1n) is 3.23. The quantitative estimate of drug-likeness (QED) is 0.473. The Morgan fingerprint density at radius 1 is 1.22 bits per heavy atom. The fraction of sp³-hybridized carbons (Fsp3) is 0.375. The Bertz CT molecular complexity index is 189. The predicted molar refractivity (Wildman–Crippen MR) is 35.0 cm³/mol. The van der Waals surface area contributed by atoms with Gasteiger partial charge in [0.25, 0.3) is 0 Å². The minimum absolute atomic E-state index is 0.132. The van der Waals surface area contributed by atoms with Crippen LogP contribution in [0.2, 0.25) is 0 Å². The summed E-state index contributed by atoms with van der Waals surface area (Å²) in [6, 6.07) is 0. The first-order chi connectivity index (χ1) is 4.31. The third kappa shape index (κ3) is 0.727. The zero-order valence-corrected chi connectivity index (χ0v) is 5.13. The Hall–Kier alpha value is -0.850. The van der Waals surface area contributed by atoms with Crippen molar-refractivity contribution < 1.29 is 4.79 Å². The van der Waals surface area contributed by atoms with Crippen molar-refractivity contribution in [3.63, 3.8) is 0 Å². The van der Waals surface area contributed by atoms with Gasteiger partial charge in [0.2, 0.25) is 0 Å². The van der Waals surface area contributed by atoms with Gasteiger partial charge in [-0.15, -0.1) is 0 Å². The molecule has 0 radical (unpaired) electrons. The van der Waals surface area contributed by atoms with Crippen LogP contribution < -0.4 is 0 Å². The van der Waals surface area contributed by atoms with E-state index < -0.39 is 0 Å². The molecule has 2 rings (SSSR count). The Labute approximate surface area is 54.1 Å². The van der Waals surface area contributed by atoms with Crippen LogP contribution in [0.5, 0.6) is 0 Å². The molecule has 1 fully saturated rings. The number of ketones is 1. The van der Waals surface area contributed by atoms with Gasteiger partial charge < -0.3 is 0 Å². The summed E-state index contributed by atoms with van der Waals surface area (Å²) in [6.45, 7) is 0. The van der Waals surface area contributed by atoms with Crippen molar-refractivity contribution in [3.8, 4) is 0 Å². The van der Waals surface area contributed by atoms with Gasteiger partial charge in [0.15, 0.2) is 5.78 Å². The summed E-state index contributed by atoms with van der Waals surface area (Å²) >= 11 is 0. The average Bonchev–Trinajstić information content (AvgIpc) is 2.60. The second kappa shape index (κ2) is 1.35. The van der Waals surface area contributed by atoms with Gasteiger partial charge in [0.05, 0.1) is 0 Å². The number of allylic oxidation sites excluding steroid dienone is 4. The number of rotatable bonds is 0. The van der Waals surface area contributed by atoms with Crippen LogP contribution in [0.4, 0.5) is 0 Å². The average molecular weight is 120 g/mol. The second-order valence-corrected chi connectivity index (χ2v) is 2.80. The number of hydrogen-bond donors (Lipinski definition) is 0. The SMILES string of the molecule is O=C1C=CC2(C=C1)CC2. The van der Waals surface area contributed by atoms with Crippen molar-refractivity contribution in [3.05, 3.63) is 24.3 Å². The number of carbonyl (C=O) groups is 1. The van der Waals surface area contributed by atoms with E-state index in [2.05, 4.69) is 0 Å². The van der Waals surface area contributed by atoms with Gasteiger partial charge in [-0.2, -0.15) is 0 Å². The van der Waals surface area contributed by atoms with E-state index in [0.29, 0.717) is 5.41 Å². The highest BCUT2D eigenvalue weighted by Gasteiger charge is 2.38. The Morgan fingerprint density at radius 2 is 1.78 bits per heavy atom. The maximum atomic E-state index is 10.6. The lowest BCUT2D eigenvalue weighted by Gasteiger charge is -2.03. The molecule has 0 heterocycles. The molecule has 1 spiro atoms. The molecule has 0 unspecified atom stereocenters. The molecule has 0 aromatic carbocycles. The van der Waals surface area contributed by atoms with Crippen molar-refractivity contribution in [2.24, 2.45) is 5.41 Å². The smallest absolute Gasteiger partial charge is 0.178 e. The summed E-state index contributed by atoms with van der Waals surface area (Å²) < 4.78 is 0. The summed E-state index contributed by atoms with van der Waals surface area (Å²) in [5, 5.41) is 0. The highest BCUT2D eigenvalue weighted by molar-refractivity contribution is 6.00. The van der Waals surface area contributed by atoms with Gasteiger partial charge in [-0.25, -0.2) is 0 Å². The molecule has 0 amide bonds. The standard InChI is InChI=1S/C8H8O/c9-7-1-3-8(4-2-7)5-6-8/h1-4H,5-6H2. The molecule has 46 valence electrons. The summed E-state index contributed by atoms with van der Waals surface area (Å²) in [6.07, 6.45) is 9.85. The molecule has 9 heavy (non-hydrogen) atoms. The van der Waals surface area contributed by atoms with Crippen LogP contribution >= 0.6 is 0 Å². The molecular formula is C8H8O. The molecule has 1 saturated carbocycles. The third-order valence-electron chi connectivity index (χ3n) is 1.99. The normalized spacial score (nSPS) is 27.3. The zero-order chi connectivity index (χ0) is 6.32. The van der Waals surface area contributed by atoms with E-state index in [9.17, 15) is 4.79 Å². The highest BCUT2D eigenvalue weighted by Crippen LogP contribution is 2.49. The summed E-state index contributed by atoms with van der Waals surface area (Å²) in [7, 11) is 0. The fourth-order valence-electron chi connectivity index (χ4n) is 1.08. The van der Waals surface area contributed by atoms with E-state index >= 15 is 0 Å². The molecule has 0 aromatic heterocycles. The maximum Gasteiger partial charge on any atom is 0.178 e. The first kappa shape index (κ1) is 4.98. The molecule has 0 N–H and O–H groups in total. The molecule has 0 atom stereocenters. The summed E-state index contributed by atoms with van der Waals surface area (Å²) in [4.78, 5) is 10.6. The van der Waals surface area contributed by atoms with E-state index in [4.69, 9.17) is 0 Å². The molecule has 0 bridgehead atoms.